The number of benzene rings is 1. The first-order chi connectivity index (χ1) is 10.3. The summed E-state index contributed by atoms with van der Waals surface area (Å²) in [4.78, 5) is 14.3. The second kappa shape index (κ2) is 8.28. The summed E-state index contributed by atoms with van der Waals surface area (Å²) in [5.74, 6) is -0.0399. The Morgan fingerprint density at radius 3 is 2.36 bits per heavy atom. The third kappa shape index (κ3) is 5.76. The van der Waals surface area contributed by atoms with Crippen LogP contribution in [0, 0.1) is 5.82 Å². The van der Waals surface area contributed by atoms with Crippen LogP contribution in [0.1, 0.15) is 51.5 Å². The molecule has 1 amide bonds. The molecule has 4 heteroatoms. The van der Waals surface area contributed by atoms with E-state index >= 15 is 0 Å². The van der Waals surface area contributed by atoms with Crippen LogP contribution in [0.4, 0.5) is 4.39 Å². The molecular formula is C18H29FN2O. The summed E-state index contributed by atoms with van der Waals surface area (Å²) in [6.45, 7) is 6.90. The van der Waals surface area contributed by atoms with Gasteiger partial charge < -0.3 is 10.2 Å². The normalized spacial score (nSPS) is 13.2. The first-order valence-electron chi connectivity index (χ1n) is 7.96. The number of carbonyl (C=O) groups excluding carboxylic acids is 1. The average molecular weight is 308 g/mol. The van der Waals surface area contributed by atoms with Crippen molar-refractivity contribution in [1.82, 2.24) is 10.2 Å². The van der Waals surface area contributed by atoms with Crippen LogP contribution in [0.15, 0.2) is 24.3 Å². The molecule has 1 atom stereocenters. The van der Waals surface area contributed by atoms with Gasteiger partial charge in [-0.1, -0.05) is 25.5 Å². The highest BCUT2D eigenvalue weighted by molar-refractivity contribution is 5.77. The highest BCUT2D eigenvalue weighted by Gasteiger charge is 2.22. The first-order valence-corrected chi connectivity index (χ1v) is 7.96. The molecule has 3 nitrogen and oxygen atoms in total. The monoisotopic (exact) mass is 308 g/mol. The lowest BCUT2D eigenvalue weighted by Gasteiger charge is -2.32. The molecule has 22 heavy (non-hydrogen) atoms. The number of nitrogens with one attached hydrogen (secondary N) is 1. The van der Waals surface area contributed by atoms with Crippen molar-refractivity contribution in [2.75, 3.05) is 20.6 Å². The van der Waals surface area contributed by atoms with E-state index in [2.05, 4.69) is 31.0 Å². The molecule has 0 aliphatic heterocycles. The van der Waals surface area contributed by atoms with Crippen LogP contribution >= 0.6 is 0 Å². The minimum atomic E-state index is -0.240. The van der Waals surface area contributed by atoms with Gasteiger partial charge in [0.1, 0.15) is 5.82 Å². The van der Waals surface area contributed by atoms with Crippen LogP contribution < -0.4 is 5.32 Å². The lowest BCUT2D eigenvalue weighted by atomic mass is 9.91. The molecule has 0 spiro atoms. The van der Waals surface area contributed by atoms with Gasteiger partial charge in [0.15, 0.2) is 0 Å². The summed E-state index contributed by atoms with van der Waals surface area (Å²) in [5, 5.41) is 3.02. The van der Waals surface area contributed by atoms with Gasteiger partial charge in [0.2, 0.25) is 5.91 Å². The predicted octanol–water partition coefficient (Wildman–Crippen LogP) is 3.56. The zero-order valence-corrected chi connectivity index (χ0v) is 14.4. The number of rotatable bonds is 8. The molecule has 0 saturated carbocycles. The molecule has 0 aromatic heterocycles. The maximum Gasteiger partial charge on any atom is 0.220 e. The third-order valence-corrected chi connectivity index (χ3v) is 4.34. The summed E-state index contributed by atoms with van der Waals surface area (Å²) in [7, 11) is 4.01. The SMILES string of the molecule is CCCC(CC(=O)NCC(C)(C)N(C)C)c1ccc(F)cc1. The molecule has 0 aliphatic carbocycles. The summed E-state index contributed by atoms with van der Waals surface area (Å²) in [6, 6.07) is 6.50. The van der Waals surface area contributed by atoms with Gasteiger partial charge in [0.25, 0.3) is 0 Å². The van der Waals surface area contributed by atoms with Gasteiger partial charge in [-0.2, -0.15) is 0 Å². The van der Waals surface area contributed by atoms with Crippen molar-refractivity contribution in [3.05, 3.63) is 35.6 Å². The molecule has 0 saturated heterocycles. The van der Waals surface area contributed by atoms with E-state index in [-0.39, 0.29) is 23.2 Å². The van der Waals surface area contributed by atoms with Crippen molar-refractivity contribution >= 4 is 5.91 Å². The first kappa shape index (κ1) is 18.6. The standard InChI is InChI=1S/C18H29FN2O/c1-6-7-15(14-8-10-16(19)11-9-14)12-17(22)20-13-18(2,3)21(4)5/h8-11,15H,6-7,12-13H2,1-5H3,(H,20,22). The van der Waals surface area contributed by atoms with Crippen LogP contribution in [0.3, 0.4) is 0 Å². The average Bonchev–Trinajstić information content (AvgIpc) is 2.45. The number of likely N-dealkylation sites (N-methyl/N-ethyl adjacent to an activating group) is 1. The molecule has 1 aromatic carbocycles. The van der Waals surface area contributed by atoms with Crippen LogP contribution in [0.5, 0.6) is 0 Å². The van der Waals surface area contributed by atoms with Gasteiger partial charge in [-0.3, -0.25) is 4.79 Å². The molecule has 0 fully saturated rings. The Kier molecular flexibility index (Phi) is 7.01. The molecule has 1 aromatic rings. The van der Waals surface area contributed by atoms with Crippen molar-refractivity contribution in [3.8, 4) is 0 Å². The van der Waals surface area contributed by atoms with E-state index in [0.29, 0.717) is 13.0 Å². The molecule has 1 unspecified atom stereocenters. The smallest absolute Gasteiger partial charge is 0.220 e. The molecule has 124 valence electrons. The van der Waals surface area contributed by atoms with Gasteiger partial charge in [0, 0.05) is 18.5 Å². The molecule has 0 aliphatic rings. The molecule has 0 heterocycles. The minimum Gasteiger partial charge on any atom is -0.354 e. The fourth-order valence-corrected chi connectivity index (χ4v) is 2.24. The number of amides is 1. The summed E-state index contributed by atoms with van der Waals surface area (Å²) < 4.78 is 13.0. The van der Waals surface area contributed by atoms with E-state index in [1.54, 1.807) is 12.1 Å². The second-order valence-corrected chi connectivity index (χ2v) is 6.72. The van der Waals surface area contributed by atoms with E-state index in [4.69, 9.17) is 0 Å². The van der Waals surface area contributed by atoms with Crippen molar-refractivity contribution in [2.45, 2.75) is 51.5 Å². The second-order valence-electron chi connectivity index (χ2n) is 6.72. The maximum absolute atomic E-state index is 13.0. The lowest BCUT2D eigenvalue weighted by Crippen LogP contribution is -2.48. The van der Waals surface area contributed by atoms with E-state index < -0.39 is 0 Å². The van der Waals surface area contributed by atoms with Crippen molar-refractivity contribution in [1.29, 1.82) is 0 Å². The Morgan fingerprint density at radius 1 is 1.27 bits per heavy atom. The summed E-state index contributed by atoms with van der Waals surface area (Å²) in [5.41, 5.74) is 0.955. The fraction of sp³-hybridized carbons (Fsp3) is 0.611. The molecule has 1 rings (SSSR count). The number of nitrogens with zero attached hydrogens (tertiary/aromatic N) is 1. The Balaban J connectivity index is 2.63. The van der Waals surface area contributed by atoms with Gasteiger partial charge in [-0.25, -0.2) is 4.39 Å². The van der Waals surface area contributed by atoms with Crippen molar-refractivity contribution in [2.24, 2.45) is 0 Å². The topological polar surface area (TPSA) is 32.3 Å². The highest BCUT2D eigenvalue weighted by Crippen LogP contribution is 2.25. The molecular weight excluding hydrogens is 279 g/mol. The lowest BCUT2D eigenvalue weighted by molar-refractivity contribution is -0.122. The van der Waals surface area contributed by atoms with Gasteiger partial charge >= 0.3 is 0 Å². The molecule has 0 radical (unpaired) electrons. The number of hydrogen-bond acceptors (Lipinski definition) is 2. The van der Waals surface area contributed by atoms with Crippen LogP contribution in [-0.4, -0.2) is 37.0 Å². The van der Waals surface area contributed by atoms with E-state index in [9.17, 15) is 9.18 Å². The van der Waals surface area contributed by atoms with Crippen molar-refractivity contribution < 1.29 is 9.18 Å². The quantitative estimate of drug-likeness (QED) is 0.796. The third-order valence-electron chi connectivity index (χ3n) is 4.34. The van der Waals surface area contributed by atoms with Crippen LogP contribution in [-0.2, 0) is 4.79 Å². The Morgan fingerprint density at radius 2 is 1.86 bits per heavy atom. The minimum absolute atomic E-state index is 0.0534. The van der Waals surface area contributed by atoms with Crippen LogP contribution in [0.2, 0.25) is 0 Å². The van der Waals surface area contributed by atoms with Gasteiger partial charge in [-0.05, 0) is 58.0 Å². The number of carbonyl (C=O) groups is 1. The van der Waals surface area contributed by atoms with Gasteiger partial charge in [-0.15, -0.1) is 0 Å². The Hall–Kier alpha value is -1.42. The largest absolute Gasteiger partial charge is 0.354 e. The summed E-state index contributed by atoms with van der Waals surface area (Å²) >= 11 is 0. The Bertz CT molecular complexity index is 468. The van der Waals surface area contributed by atoms with Crippen molar-refractivity contribution in [3.63, 3.8) is 0 Å². The van der Waals surface area contributed by atoms with Gasteiger partial charge in [0.05, 0.1) is 0 Å². The van der Waals surface area contributed by atoms with E-state index in [1.165, 1.54) is 12.1 Å². The zero-order chi connectivity index (χ0) is 16.8. The number of hydrogen-bond donors (Lipinski definition) is 1. The fourth-order valence-electron chi connectivity index (χ4n) is 2.24. The predicted molar refractivity (Wildman–Crippen MR) is 89.4 cm³/mol. The van der Waals surface area contributed by atoms with E-state index in [0.717, 1.165) is 18.4 Å². The Labute approximate surface area is 133 Å². The molecule has 1 N–H and O–H groups in total. The molecule has 0 bridgehead atoms. The number of halogens is 1. The highest BCUT2D eigenvalue weighted by atomic mass is 19.1. The van der Waals surface area contributed by atoms with E-state index in [1.807, 2.05) is 14.1 Å². The zero-order valence-electron chi connectivity index (χ0n) is 14.4. The maximum atomic E-state index is 13.0. The summed E-state index contributed by atoms with van der Waals surface area (Å²) in [6.07, 6.45) is 2.37. The van der Waals surface area contributed by atoms with Crippen LogP contribution in [0.25, 0.3) is 0 Å².